The minimum atomic E-state index is -0.614. The van der Waals surface area contributed by atoms with E-state index in [-0.39, 0.29) is 11.7 Å². The van der Waals surface area contributed by atoms with Gasteiger partial charge in [0, 0.05) is 16.9 Å². The molecule has 1 heterocycles. The third-order valence-electron chi connectivity index (χ3n) is 5.36. The second-order valence-electron chi connectivity index (χ2n) is 7.75. The number of rotatable bonds is 7. The second kappa shape index (κ2) is 10.4. The third kappa shape index (κ3) is 5.15. The van der Waals surface area contributed by atoms with Gasteiger partial charge in [0.05, 0.1) is 0 Å². The van der Waals surface area contributed by atoms with Crippen LogP contribution in [0.15, 0.2) is 120 Å². The Kier molecular flexibility index (Phi) is 6.68. The molecular weight excluding hydrogens is 459 g/mol. The van der Waals surface area contributed by atoms with Crippen LogP contribution in [0.4, 0.5) is 10.1 Å². The number of nitrogens with one attached hydrogen (secondary N) is 1. The van der Waals surface area contributed by atoms with E-state index in [0.29, 0.717) is 16.7 Å². The predicted molar refractivity (Wildman–Crippen MR) is 137 cm³/mol. The van der Waals surface area contributed by atoms with Crippen molar-refractivity contribution in [2.24, 2.45) is 0 Å². The standard InChI is InChI=1S/C28H21FN4OS/c29-22-16-18-23(19-17-22)30-27(34)25(20-10-4-1-5-11-20)35-28-32-31-26(21-12-6-2-7-13-21)33(28)24-14-8-3-9-15-24/h1-19,25H,(H,30,34). The maximum absolute atomic E-state index is 13.4. The molecule has 0 radical (unpaired) electrons. The van der Waals surface area contributed by atoms with E-state index in [1.165, 1.54) is 23.9 Å². The number of benzene rings is 4. The van der Waals surface area contributed by atoms with Crippen LogP contribution < -0.4 is 5.32 Å². The van der Waals surface area contributed by atoms with Crippen LogP contribution in [0.3, 0.4) is 0 Å². The molecule has 0 fully saturated rings. The Labute approximate surface area is 206 Å². The van der Waals surface area contributed by atoms with Crippen LogP contribution in [0.25, 0.3) is 17.1 Å². The van der Waals surface area contributed by atoms with Gasteiger partial charge in [-0.3, -0.25) is 9.36 Å². The molecule has 4 aromatic carbocycles. The Morgan fingerprint density at radius 2 is 1.37 bits per heavy atom. The zero-order valence-corrected chi connectivity index (χ0v) is 19.4. The molecule has 1 N–H and O–H groups in total. The van der Waals surface area contributed by atoms with Gasteiger partial charge in [-0.05, 0) is 42.0 Å². The van der Waals surface area contributed by atoms with Gasteiger partial charge in [0.1, 0.15) is 11.1 Å². The first-order chi connectivity index (χ1) is 17.2. The summed E-state index contributed by atoms with van der Waals surface area (Å²) in [5.74, 6) is 0.0862. The van der Waals surface area contributed by atoms with Crippen LogP contribution in [0, 0.1) is 5.82 Å². The molecule has 0 aliphatic heterocycles. The molecule has 0 aliphatic rings. The highest BCUT2D eigenvalue weighted by Gasteiger charge is 2.26. The molecule has 1 unspecified atom stereocenters. The summed E-state index contributed by atoms with van der Waals surface area (Å²) in [7, 11) is 0. The lowest BCUT2D eigenvalue weighted by atomic mass is 10.1. The fourth-order valence-corrected chi connectivity index (χ4v) is 4.73. The molecule has 0 bridgehead atoms. The lowest BCUT2D eigenvalue weighted by molar-refractivity contribution is -0.115. The van der Waals surface area contributed by atoms with Gasteiger partial charge in [-0.1, -0.05) is 90.6 Å². The summed E-state index contributed by atoms with van der Waals surface area (Å²) in [4.78, 5) is 13.4. The van der Waals surface area contributed by atoms with Crippen molar-refractivity contribution in [3.63, 3.8) is 0 Å². The first-order valence-electron chi connectivity index (χ1n) is 11.0. The molecule has 1 amide bonds. The van der Waals surface area contributed by atoms with Crippen molar-refractivity contribution in [3.05, 3.63) is 127 Å². The number of anilines is 1. The van der Waals surface area contributed by atoms with E-state index in [2.05, 4.69) is 15.5 Å². The Morgan fingerprint density at radius 1 is 0.771 bits per heavy atom. The van der Waals surface area contributed by atoms with Crippen LogP contribution in [-0.4, -0.2) is 20.7 Å². The summed E-state index contributed by atoms with van der Waals surface area (Å²) < 4.78 is 15.3. The number of hydrogen-bond acceptors (Lipinski definition) is 4. The average molecular weight is 481 g/mol. The molecule has 172 valence electrons. The number of thioether (sulfide) groups is 1. The molecule has 0 aliphatic carbocycles. The van der Waals surface area contributed by atoms with Crippen LogP contribution >= 0.6 is 11.8 Å². The van der Waals surface area contributed by atoms with Crippen LogP contribution in [0.1, 0.15) is 10.8 Å². The Balaban J connectivity index is 1.55. The quantitative estimate of drug-likeness (QED) is 0.269. The van der Waals surface area contributed by atoms with E-state index in [1.54, 1.807) is 12.1 Å². The number of nitrogens with zero attached hydrogens (tertiary/aromatic N) is 3. The summed E-state index contributed by atoms with van der Waals surface area (Å²) in [6.45, 7) is 0. The van der Waals surface area contributed by atoms with E-state index in [9.17, 15) is 9.18 Å². The minimum Gasteiger partial charge on any atom is -0.325 e. The van der Waals surface area contributed by atoms with Gasteiger partial charge in [0.15, 0.2) is 11.0 Å². The van der Waals surface area contributed by atoms with Gasteiger partial charge < -0.3 is 5.32 Å². The first kappa shape index (κ1) is 22.6. The van der Waals surface area contributed by atoms with Crippen molar-refractivity contribution in [3.8, 4) is 17.1 Å². The lowest BCUT2D eigenvalue weighted by Gasteiger charge is -2.18. The van der Waals surface area contributed by atoms with Gasteiger partial charge in [-0.25, -0.2) is 4.39 Å². The number of para-hydroxylation sites is 1. The van der Waals surface area contributed by atoms with E-state index in [0.717, 1.165) is 16.8 Å². The van der Waals surface area contributed by atoms with Gasteiger partial charge in [-0.15, -0.1) is 10.2 Å². The van der Waals surface area contributed by atoms with Crippen molar-refractivity contribution in [1.29, 1.82) is 0 Å². The summed E-state index contributed by atoms with van der Waals surface area (Å²) in [5, 5.41) is 11.8. The summed E-state index contributed by atoms with van der Waals surface area (Å²) in [5.41, 5.74) is 3.15. The van der Waals surface area contributed by atoms with E-state index in [1.807, 2.05) is 95.6 Å². The molecule has 5 aromatic rings. The van der Waals surface area contributed by atoms with Gasteiger partial charge in [-0.2, -0.15) is 0 Å². The molecule has 7 heteroatoms. The van der Waals surface area contributed by atoms with E-state index >= 15 is 0 Å². The zero-order chi connectivity index (χ0) is 24.0. The molecule has 1 aromatic heterocycles. The second-order valence-corrected chi connectivity index (χ2v) is 8.82. The van der Waals surface area contributed by atoms with Crippen molar-refractivity contribution >= 4 is 23.4 Å². The normalized spacial score (nSPS) is 11.7. The van der Waals surface area contributed by atoms with Crippen LogP contribution in [0.2, 0.25) is 0 Å². The molecule has 0 saturated carbocycles. The highest BCUT2D eigenvalue weighted by molar-refractivity contribution is 8.00. The molecular formula is C28H21FN4OS. The SMILES string of the molecule is O=C(Nc1ccc(F)cc1)C(Sc1nnc(-c2ccccc2)n1-c1ccccc1)c1ccccc1. The average Bonchev–Trinajstić information content (AvgIpc) is 3.34. The topological polar surface area (TPSA) is 59.8 Å². The van der Waals surface area contributed by atoms with E-state index in [4.69, 9.17) is 0 Å². The number of carbonyl (C=O) groups is 1. The van der Waals surface area contributed by atoms with Gasteiger partial charge in [0.2, 0.25) is 5.91 Å². The molecule has 5 nitrogen and oxygen atoms in total. The lowest BCUT2D eigenvalue weighted by Crippen LogP contribution is -2.19. The molecule has 5 rings (SSSR count). The van der Waals surface area contributed by atoms with Crippen molar-refractivity contribution in [2.45, 2.75) is 10.4 Å². The smallest absolute Gasteiger partial charge is 0.242 e. The first-order valence-corrected chi connectivity index (χ1v) is 11.9. The van der Waals surface area contributed by atoms with Crippen LogP contribution in [0.5, 0.6) is 0 Å². The summed E-state index contributed by atoms with van der Waals surface area (Å²) >= 11 is 1.31. The highest BCUT2D eigenvalue weighted by atomic mass is 32.2. The Morgan fingerprint density at radius 3 is 2.03 bits per heavy atom. The number of carbonyl (C=O) groups excluding carboxylic acids is 1. The van der Waals surface area contributed by atoms with Crippen molar-refractivity contribution in [1.82, 2.24) is 14.8 Å². The molecule has 0 saturated heterocycles. The number of amides is 1. The largest absolute Gasteiger partial charge is 0.325 e. The maximum Gasteiger partial charge on any atom is 0.242 e. The minimum absolute atomic E-state index is 0.239. The summed E-state index contributed by atoms with van der Waals surface area (Å²) in [6.07, 6.45) is 0. The van der Waals surface area contributed by atoms with E-state index < -0.39 is 5.25 Å². The van der Waals surface area contributed by atoms with Crippen molar-refractivity contribution < 1.29 is 9.18 Å². The number of aromatic nitrogens is 3. The molecule has 0 spiro atoms. The fourth-order valence-electron chi connectivity index (χ4n) is 3.68. The number of hydrogen-bond donors (Lipinski definition) is 1. The summed E-state index contributed by atoms with van der Waals surface area (Å²) in [6, 6.07) is 34.9. The number of halogens is 1. The van der Waals surface area contributed by atoms with Crippen LogP contribution in [-0.2, 0) is 4.79 Å². The maximum atomic E-state index is 13.4. The van der Waals surface area contributed by atoms with Crippen molar-refractivity contribution in [2.75, 3.05) is 5.32 Å². The third-order valence-corrected chi connectivity index (χ3v) is 6.55. The fraction of sp³-hybridized carbons (Fsp3) is 0.0357. The monoisotopic (exact) mass is 480 g/mol. The van der Waals surface area contributed by atoms with Gasteiger partial charge >= 0.3 is 0 Å². The Bertz CT molecular complexity index is 1410. The van der Waals surface area contributed by atoms with Gasteiger partial charge in [0.25, 0.3) is 0 Å². The zero-order valence-electron chi connectivity index (χ0n) is 18.6. The Hall–Kier alpha value is -4.23. The molecule has 35 heavy (non-hydrogen) atoms. The molecule has 1 atom stereocenters. The highest BCUT2D eigenvalue weighted by Crippen LogP contribution is 2.38. The predicted octanol–water partition coefficient (Wildman–Crippen LogP) is 6.55.